The number of amides is 2. The zero-order valence-electron chi connectivity index (χ0n) is 25.3. The molecule has 1 aromatic heterocycles. The maximum absolute atomic E-state index is 13.4. The predicted molar refractivity (Wildman–Crippen MR) is 153 cm³/mol. The van der Waals surface area contributed by atoms with Gasteiger partial charge in [-0.25, -0.2) is 9.78 Å². The van der Waals surface area contributed by atoms with E-state index in [1.165, 1.54) is 4.90 Å². The quantitative estimate of drug-likeness (QED) is 0.236. The second-order valence-corrected chi connectivity index (χ2v) is 11.4. The summed E-state index contributed by atoms with van der Waals surface area (Å²) < 4.78 is 47.5. The van der Waals surface area contributed by atoms with Crippen LogP contribution in [0.15, 0.2) is 36.7 Å². The van der Waals surface area contributed by atoms with Gasteiger partial charge in [0, 0.05) is 39.1 Å². The van der Waals surface area contributed by atoms with Crippen LogP contribution < -0.4 is 0 Å². The third-order valence-electron chi connectivity index (χ3n) is 6.44. The second-order valence-electron chi connectivity index (χ2n) is 11.4. The highest BCUT2D eigenvalue weighted by molar-refractivity contribution is 5.81. The van der Waals surface area contributed by atoms with Crippen molar-refractivity contribution in [3.8, 4) is 0 Å². The van der Waals surface area contributed by atoms with Crippen molar-refractivity contribution < 1.29 is 27.5 Å². The normalized spacial score (nSPS) is 12.0. The van der Waals surface area contributed by atoms with Crippen molar-refractivity contribution in [2.75, 3.05) is 26.2 Å². The Balaban J connectivity index is 2.09. The van der Waals surface area contributed by atoms with Crippen LogP contribution in [0, 0.1) is 0 Å². The summed E-state index contributed by atoms with van der Waals surface area (Å²) in [4.78, 5) is 34.2. The van der Waals surface area contributed by atoms with Crippen LogP contribution in [0.5, 0.6) is 0 Å². The average molecular weight is 582 g/mol. The molecule has 0 radical (unpaired) electrons. The molecule has 11 heteroatoms. The SMILES string of the molecule is CCCN(CCC)CCCCN(Cc1ccc(CN(Cc2nccn2C)C(=O)OC(C)(C)C)cc1)C(=O)C(F)(F)F. The van der Waals surface area contributed by atoms with Gasteiger partial charge in [0.15, 0.2) is 0 Å². The zero-order chi connectivity index (χ0) is 30.6. The number of imidazole rings is 1. The minimum Gasteiger partial charge on any atom is -0.444 e. The van der Waals surface area contributed by atoms with E-state index >= 15 is 0 Å². The number of hydrogen-bond acceptors (Lipinski definition) is 5. The van der Waals surface area contributed by atoms with Gasteiger partial charge < -0.3 is 19.1 Å². The van der Waals surface area contributed by atoms with E-state index in [-0.39, 0.29) is 26.2 Å². The summed E-state index contributed by atoms with van der Waals surface area (Å²) in [7, 11) is 1.84. The van der Waals surface area contributed by atoms with Crippen LogP contribution in [0.2, 0.25) is 0 Å². The molecule has 0 atom stereocenters. The number of benzene rings is 1. The van der Waals surface area contributed by atoms with E-state index in [0.717, 1.165) is 49.4 Å². The summed E-state index contributed by atoms with van der Waals surface area (Å²) in [5.41, 5.74) is 0.673. The number of aryl methyl sites for hydroxylation is 1. The first-order valence-corrected chi connectivity index (χ1v) is 14.3. The van der Waals surface area contributed by atoms with E-state index in [1.807, 2.05) is 11.6 Å². The molecule has 8 nitrogen and oxygen atoms in total. The van der Waals surface area contributed by atoms with Gasteiger partial charge in [-0.15, -0.1) is 0 Å². The lowest BCUT2D eigenvalue weighted by Crippen LogP contribution is -2.41. The third-order valence-corrected chi connectivity index (χ3v) is 6.44. The molecule has 0 fully saturated rings. The van der Waals surface area contributed by atoms with Gasteiger partial charge >= 0.3 is 18.2 Å². The molecule has 0 spiro atoms. The molecule has 230 valence electrons. The summed E-state index contributed by atoms with van der Waals surface area (Å²) in [5.74, 6) is -1.15. The molecule has 2 aromatic rings. The molecule has 0 saturated heterocycles. The summed E-state index contributed by atoms with van der Waals surface area (Å²) in [6.07, 6.45) is 1.26. The molecule has 0 bridgehead atoms. The lowest BCUT2D eigenvalue weighted by atomic mass is 10.1. The van der Waals surface area contributed by atoms with Crippen LogP contribution >= 0.6 is 0 Å². The smallest absolute Gasteiger partial charge is 0.444 e. The number of carbonyl (C=O) groups is 2. The Morgan fingerprint density at radius 2 is 1.39 bits per heavy atom. The average Bonchev–Trinajstić information content (AvgIpc) is 3.28. The molecule has 0 N–H and O–H groups in total. The molecule has 2 rings (SSSR count). The standard InChI is InChI=1S/C30H46F3N5O3/c1-7-16-36(17-8-2)18-9-10-19-37(27(39)30(31,32)33)21-24-11-13-25(14-12-24)22-38(28(40)41-29(3,4)5)23-26-34-15-20-35(26)6/h11-15,20H,7-10,16-19,21-23H2,1-6H3. The number of halogens is 3. The number of hydrogen-bond donors (Lipinski definition) is 0. The van der Waals surface area contributed by atoms with Crippen LogP contribution in [0.3, 0.4) is 0 Å². The molecule has 1 heterocycles. The van der Waals surface area contributed by atoms with Gasteiger partial charge in [0.1, 0.15) is 11.4 Å². The number of carbonyl (C=O) groups excluding carboxylic acids is 2. The summed E-state index contributed by atoms with van der Waals surface area (Å²) in [6.45, 7) is 12.6. The summed E-state index contributed by atoms with van der Waals surface area (Å²) in [5, 5.41) is 0. The molecule has 0 aliphatic carbocycles. The van der Waals surface area contributed by atoms with Crippen LogP contribution in [-0.4, -0.2) is 74.2 Å². The largest absolute Gasteiger partial charge is 0.471 e. The minimum absolute atomic E-state index is 0.0300. The van der Waals surface area contributed by atoms with E-state index in [0.29, 0.717) is 17.8 Å². The van der Waals surface area contributed by atoms with Crippen molar-refractivity contribution >= 4 is 12.0 Å². The first-order chi connectivity index (χ1) is 19.2. The van der Waals surface area contributed by atoms with Gasteiger partial charge in [0.2, 0.25) is 0 Å². The first-order valence-electron chi connectivity index (χ1n) is 14.3. The third kappa shape index (κ3) is 12.1. The lowest BCUT2D eigenvalue weighted by Gasteiger charge is -2.27. The Bertz CT molecular complexity index is 1070. The van der Waals surface area contributed by atoms with Gasteiger partial charge in [-0.1, -0.05) is 38.1 Å². The first kappa shape index (κ1) is 34.1. The zero-order valence-corrected chi connectivity index (χ0v) is 25.3. The molecule has 0 saturated carbocycles. The Morgan fingerprint density at radius 1 is 0.854 bits per heavy atom. The van der Waals surface area contributed by atoms with Gasteiger partial charge in [0.05, 0.1) is 6.54 Å². The maximum atomic E-state index is 13.4. The van der Waals surface area contributed by atoms with E-state index in [1.54, 1.807) is 57.4 Å². The van der Waals surface area contributed by atoms with Gasteiger partial charge in [-0.2, -0.15) is 13.2 Å². The fraction of sp³-hybridized carbons (Fsp3) is 0.633. The fourth-order valence-corrected chi connectivity index (χ4v) is 4.46. The topological polar surface area (TPSA) is 70.9 Å². The number of rotatable bonds is 15. The second kappa shape index (κ2) is 15.8. The van der Waals surface area contributed by atoms with Crippen LogP contribution in [-0.2, 0) is 36.2 Å². The van der Waals surface area contributed by atoms with Crippen molar-refractivity contribution in [2.45, 2.75) is 91.7 Å². The number of alkyl halides is 3. The Morgan fingerprint density at radius 3 is 1.85 bits per heavy atom. The van der Waals surface area contributed by atoms with Crippen molar-refractivity contribution in [3.63, 3.8) is 0 Å². The van der Waals surface area contributed by atoms with Gasteiger partial charge in [-0.3, -0.25) is 9.69 Å². The number of nitrogens with zero attached hydrogens (tertiary/aromatic N) is 5. The van der Waals surface area contributed by atoms with E-state index < -0.39 is 23.8 Å². The van der Waals surface area contributed by atoms with E-state index in [4.69, 9.17) is 4.74 Å². The Hall–Kier alpha value is -3.08. The molecule has 0 aliphatic heterocycles. The number of ether oxygens (including phenoxy) is 1. The van der Waals surface area contributed by atoms with E-state index in [2.05, 4.69) is 23.7 Å². The van der Waals surface area contributed by atoms with Crippen molar-refractivity contribution in [1.29, 1.82) is 0 Å². The highest BCUT2D eigenvalue weighted by Gasteiger charge is 2.42. The maximum Gasteiger partial charge on any atom is 0.471 e. The molecule has 1 aromatic carbocycles. The highest BCUT2D eigenvalue weighted by Crippen LogP contribution is 2.22. The predicted octanol–water partition coefficient (Wildman–Crippen LogP) is 6.15. The molecular weight excluding hydrogens is 535 g/mol. The van der Waals surface area contributed by atoms with Crippen LogP contribution in [0.4, 0.5) is 18.0 Å². The Kier molecular flexibility index (Phi) is 13.1. The van der Waals surface area contributed by atoms with Crippen molar-refractivity contribution in [2.24, 2.45) is 7.05 Å². The van der Waals surface area contributed by atoms with E-state index in [9.17, 15) is 22.8 Å². The number of unbranched alkanes of at least 4 members (excludes halogenated alkanes) is 1. The molecule has 0 unspecified atom stereocenters. The van der Waals surface area contributed by atoms with Crippen molar-refractivity contribution in [1.82, 2.24) is 24.3 Å². The summed E-state index contributed by atoms with van der Waals surface area (Å²) >= 11 is 0. The lowest BCUT2D eigenvalue weighted by molar-refractivity contribution is -0.186. The monoisotopic (exact) mass is 581 g/mol. The Labute approximate surface area is 242 Å². The van der Waals surface area contributed by atoms with Gasteiger partial charge in [-0.05, 0) is 77.2 Å². The highest BCUT2D eigenvalue weighted by atomic mass is 19.4. The molecule has 41 heavy (non-hydrogen) atoms. The fourth-order valence-electron chi connectivity index (χ4n) is 4.46. The van der Waals surface area contributed by atoms with Gasteiger partial charge in [0.25, 0.3) is 0 Å². The summed E-state index contributed by atoms with van der Waals surface area (Å²) in [6, 6.07) is 6.91. The number of aromatic nitrogens is 2. The van der Waals surface area contributed by atoms with Crippen LogP contribution in [0.25, 0.3) is 0 Å². The van der Waals surface area contributed by atoms with Crippen molar-refractivity contribution in [3.05, 3.63) is 53.6 Å². The molecule has 0 aliphatic rings. The van der Waals surface area contributed by atoms with Crippen LogP contribution in [0.1, 0.15) is 77.3 Å². The molecular formula is C30H46F3N5O3. The minimum atomic E-state index is -4.94. The molecule has 2 amide bonds.